The molecule has 6 amide bonds. The van der Waals surface area contributed by atoms with Crippen molar-refractivity contribution < 1.29 is 142 Å². The summed E-state index contributed by atoms with van der Waals surface area (Å²) >= 11 is 0. The first kappa shape index (κ1) is 87.8. The molecule has 3 fully saturated rings. The summed E-state index contributed by atoms with van der Waals surface area (Å²) in [4.78, 5) is 71.0. The van der Waals surface area contributed by atoms with Crippen LogP contribution in [0, 0.1) is 52.8 Å². The van der Waals surface area contributed by atoms with Gasteiger partial charge in [-0.05, 0) is 135 Å². The quantitative estimate of drug-likeness (QED) is 0.0197. The van der Waals surface area contributed by atoms with Crippen LogP contribution in [-0.4, -0.2) is 173 Å². The van der Waals surface area contributed by atoms with Gasteiger partial charge < -0.3 is 66.5 Å². The van der Waals surface area contributed by atoms with Crippen molar-refractivity contribution in [1.29, 1.82) is 0 Å². The number of carbonyl (C=O) groups is 6. The van der Waals surface area contributed by atoms with E-state index < -0.39 is 169 Å². The molecule has 0 aromatic heterocycles. The number of carbonyl (C=O) groups excluding carboxylic acids is 6. The molecular formula is C58H92F18N6O13. The number of hydrogen-bond donors (Lipinski definition) is 10. The lowest BCUT2D eigenvalue weighted by atomic mass is 9.65. The van der Waals surface area contributed by atoms with Crippen LogP contribution >= 0.6 is 0 Å². The van der Waals surface area contributed by atoms with Crippen LogP contribution in [0.1, 0.15) is 160 Å². The minimum Gasteiger partial charge on any atom is -0.464 e. The fourth-order valence-electron chi connectivity index (χ4n) is 10.7. The van der Waals surface area contributed by atoms with Crippen LogP contribution in [0.4, 0.5) is 93.4 Å². The summed E-state index contributed by atoms with van der Waals surface area (Å²) < 4.78 is 256. The number of nitrogens with one attached hydrogen (secondary N) is 6. The Hall–Kier alpha value is -5.20. The molecular weight excluding hydrogens is 1330 g/mol. The van der Waals surface area contributed by atoms with Gasteiger partial charge in [-0.15, -0.1) is 0 Å². The largest absolute Gasteiger partial charge is 0.464 e. The molecule has 558 valence electrons. The van der Waals surface area contributed by atoms with E-state index in [0.717, 1.165) is 31.1 Å². The van der Waals surface area contributed by atoms with E-state index in [0.29, 0.717) is 19.4 Å². The van der Waals surface area contributed by atoms with Crippen molar-refractivity contribution in [2.45, 2.75) is 237 Å². The summed E-state index contributed by atoms with van der Waals surface area (Å²) in [5.41, 5.74) is -19.0. The number of hydrogen-bond acceptors (Lipinski definition) is 13. The predicted octanol–water partition coefficient (Wildman–Crippen LogP) is 11.1. The molecule has 10 atom stereocenters. The molecule has 0 radical (unpaired) electrons. The molecule has 10 unspecified atom stereocenters. The minimum atomic E-state index is -6.31. The van der Waals surface area contributed by atoms with Crippen LogP contribution in [0.25, 0.3) is 0 Å². The van der Waals surface area contributed by atoms with Crippen molar-refractivity contribution in [3.05, 3.63) is 0 Å². The van der Waals surface area contributed by atoms with E-state index in [2.05, 4.69) is 35.1 Å². The number of halogens is 18. The van der Waals surface area contributed by atoms with E-state index in [1.165, 1.54) is 12.8 Å². The van der Waals surface area contributed by atoms with Gasteiger partial charge in [-0.25, -0.2) is 14.4 Å². The van der Waals surface area contributed by atoms with Gasteiger partial charge >= 0.3 is 73.1 Å². The Balaban J connectivity index is 0.000000736. The molecule has 0 aromatic rings. The van der Waals surface area contributed by atoms with E-state index in [1.807, 2.05) is 24.5 Å². The standard InChI is InChI=1S/C21H31F9N2O5.C20H29F9N2O5.C17H32N2O3/c1-5-16(2,3)14(33)37-7-6-31-15(34)32-13-9-11(17(4,35)19(22,23)24)8-12(10-13)18(36,20(25,26)27)21(28,29)30;1-4-10(2)14(32)36-6-5-30-15(33)31-13-8-11(16(3,34)18(21,22)23)7-12(9-13)17(35,19(24,25)26)20(27,28)29;1-5-13(4)16(20)22-11-10-18-17(21)19-15-8-6-14(7-9-15)12(2)3/h11-13,35-36H,5-10H2,1-4H3,(H2,31,32,34);10-13,34-35H,4-9H2,1-3H3,(H2,30,31,33);12-15H,5-11H2,1-4H3,(H2,18,19,21). The molecule has 3 rings (SSSR count). The van der Waals surface area contributed by atoms with Crippen molar-refractivity contribution in [3.63, 3.8) is 0 Å². The highest BCUT2D eigenvalue weighted by atomic mass is 19.4. The third-order valence-electron chi connectivity index (χ3n) is 18.1. The zero-order valence-electron chi connectivity index (χ0n) is 54.6. The maximum absolute atomic E-state index is 13.4. The molecule has 19 nitrogen and oxygen atoms in total. The molecule has 0 aromatic carbocycles. The van der Waals surface area contributed by atoms with Crippen molar-refractivity contribution >= 4 is 36.0 Å². The number of urea groups is 3. The van der Waals surface area contributed by atoms with Crippen LogP contribution in [-0.2, 0) is 28.6 Å². The van der Waals surface area contributed by atoms with Crippen LogP contribution < -0.4 is 31.9 Å². The van der Waals surface area contributed by atoms with Gasteiger partial charge in [-0.2, -0.15) is 79.0 Å². The molecule has 0 heterocycles. The molecule has 3 aliphatic carbocycles. The lowest BCUT2D eigenvalue weighted by Gasteiger charge is -2.47. The Kier molecular flexibility index (Phi) is 32.4. The summed E-state index contributed by atoms with van der Waals surface area (Å²) in [6, 6.07) is -5.65. The van der Waals surface area contributed by atoms with Gasteiger partial charge in [-0.1, -0.05) is 48.5 Å². The normalized spacial score (nSPS) is 23.8. The van der Waals surface area contributed by atoms with Gasteiger partial charge in [0.2, 0.25) is 0 Å². The molecule has 0 saturated heterocycles. The van der Waals surface area contributed by atoms with E-state index in [4.69, 9.17) is 14.2 Å². The summed E-state index contributed by atoms with van der Waals surface area (Å²) in [5, 5.41) is 53.5. The molecule has 37 heteroatoms. The summed E-state index contributed by atoms with van der Waals surface area (Å²) in [7, 11) is 0. The summed E-state index contributed by atoms with van der Waals surface area (Å²) in [5.74, 6) is -10.6. The molecule has 10 N–H and O–H groups in total. The maximum atomic E-state index is 13.4. The fourth-order valence-corrected chi connectivity index (χ4v) is 10.7. The summed E-state index contributed by atoms with van der Waals surface area (Å²) in [6.07, 6.45) is -36.9. The van der Waals surface area contributed by atoms with Gasteiger partial charge in [0, 0.05) is 30.0 Å². The zero-order valence-corrected chi connectivity index (χ0v) is 54.6. The molecule has 0 bridgehead atoms. The first-order valence-corrected chi connectivity index (χ1v) is 30.9. The van der Waals surface area contributed by atoms with E-state index in [9.17, 15) is 128 Å². The van der Waals surface area contributed by atoms with E-state index in [1.54, 1.807) is 34.6 Å². The number of rotatable bonds is 23. The number of alkyl halides is 18. The maximum Gasteiger partial charge on any atom is 0.426 e. The monoisotopic (exact) mass is 1420 g/mol. The first-order chi connectivity index (χ1) is 42.9. The number of aliphatic hydroxyl groups is 4. The van der Waals surface area contributed by atoms with E-state index >= 15 is 0 Å². The van der Waals surface area contributed by atoms with Gasteiger partial charge in [-0.3, -0.25) is 14.4 Å². The van der Waals surface area contributed by atoms with Gasteiger partial charge in [0.1, 0.15) is 19.8 Å². The van der Waals surface area contributed by atoms with Crippen molar-refractivity contribution in [2.75, 3.05) is 39.5 Å². The molecule has 95 heavy (non-hydrogen) atoms. The van der Waals surface area contributed by atoms with Crippen molar-refractivity contribution in [2.24, 2.45) is 52.8 Å². The van der Waals surface area contributed by atoms with Crippen LogP contribution in [0.2, 0.25) is 0 Å². The highest BCUT2D eigenvalue weighted by molar-refractivity contribution is 5.77. The average molecular weight is 1420 g/mol. The number of ether oxygens (including phenoxy) is 3. The first-order valence-electron chi connectivity index (χ1n) is 30.9. The third kappa shape index (κ3) is 24.6. The molecule has 0 aliphatic heterocycles. The highest BCUT2D eigenvalue weighted by Gasteiger charge is 2.76. The van der Waals surface area contributed by atoms with Crippen molar-refractivity contribution in [3.8, 4) is 0 Å². The third-order valence-corrected chi connectivity index (χ3v) is 18.1. The smallest absolute Gasteiger partial charge is 0.426 e. The average Bonchev–Trinajstić information content (AvgIpc) is 0.742. The van der Waals surface area contributed by atoms with E-state index in [-0.39, 0.29) is 70.7 Å². The van der Waals surface area contributed by atoms with Gasteiger partial charge in [0.25, 0.3) is 11.2 Å². The minimum absolute atomic E-state index is 0.0787. The van der Waals surface area contributed by atoms with Crippen molar-refractivity contribution in [1.82, 2.24) is 31.9 Å². The number of esters is 3. The fraction of sp³-hybridized carbons (Fsp3) is 0.897. The van der Waals surface area contributed by atoms with Gasteiger partial charge in [0.05, 0.1) is 36.9 Å². The molecule has 0 spiro atoms. The lowest BCUT2D eigenvalue weighted by molar-refractivity contribution is -0.390. The van der Waals surface area contributed by atoms with Crippen LogP contribution in [0.5, 0.6) is 0 Å². The van der Waals surface area contributed by atoms with Crippen LogP contribution in [0.3, 0.4) is 0 Å². The molecule has 3 aliphatic rings. The predicted molar refractivity (Wildman–Crippen MR) is 303 cm³/mol. The Morgan fingerprint density at radius 3 is 0.958 bits per heavy atom. The second-order valence-electron chi connectivity index (χ2n) is 25.8. The van der Waals surface area contributed by atoms with Gasteiger partial charge in [0.15, 0.2) is 11.2 Å². The highest BCUT2D eigenvalue weighted by Crippen LogP contribution is 2.57. The Bertz CT molecular complexity index is 2410. The summed E-state index contributed by atoms with van der Waals surface area (Å²) in [6.45, 7) is 16.2. The second kappa shape index (κ2) is 35.0. The SMILES string of the molecule is CCC(C)(C)C(=O)OCCNC(=O)NC1CC(C(C)(O)C(F)(F)F)CC(C(O)(C(F)(F)F)C(F)(F)F)C1.CCC(C)C(=O)OCCNC(=O)NC1CC(C(C)(O)C(F)(F)F)CC(C(O)(C(F)(F)F)C(F)(F)F)C1.CCC(C)C(=O)OCCNC(=O)NC1CCC(C(C)C)CC1. The molecule has 3 saturated carbocycles. The Morgan fingerprint density at radius 2 is 0.695 bits per heavy atom. The lowest BCUT2D eigenvalue weighted by Crippen LogP contribution is -2.65. The topological polar surface area (TPSA) is 283 Å². The zero-order chi connectivity index (χ0) is 74.1. The second-order valence-corrected chi connectivity index (χ2v) is 25.8. The Morgan fingerprint density at radius 1 is 0.411 bits per heavy atom. The van der Waals surface area contributed by atoms with Crippen LogP contribution in [0.15, 0.2) is 0 Å². The number of amides is 6. The Labute approximate surface area is 538 Å².